The van der Waals surface area contributed by atoms with Crippen molar-refractivity contribution >= 4 is 23.5 Å². The minimum Gasteiger partial charge on any atom is -0.411 e. The number of carbonyl (C=O) groups excluding carboxylic acids is 1. The van der Waals surface area contributed by atoms with Gasteiger partial charge in [0.25, 0.3) is 5.91 Å². The van der Waals surface area contributed by atoms with Crippen LogP contribution in [-0.4, -0.2) is 15.9 Å². The van der Waals surface area contributed by atoms with Crippen LogP contribution in [0.5, 0.6) is 0 Å². The van der Waals surface area contributed by atoms with Crippen molar-refractivity contribution in [2.45, 2.75) is 12.4 Å². The third kappa shape index (κ3) is 4.67. The van der Waals surface area contributed by atoms with Crippen molar-refractivity contribution in [1.29, 1.82) is 0 Å². The summed E-state index contributed by atoms with van der Waals surface area (Å²) in [4.78, 5) is 19.4. The number of carbonyl (C=O) groups is 1. The standard InChI is InChI=1S/C17H8ClF6N3O2/c18-13-12(8-1-3-9(4-2-8)16(19,20)21)26-15(29-13)27-14(28)11-6-5-10(7-25-11)17(22,23)24/h1-7H,(H,26,27,28). The van der Waals surface area contributed by atoms with Gasteiger partial charge in [0.15, 0.2) is 0 Å². The van der Waals surface area contributed by atoms with Crippen LogP contribution in [0.1, 0.15) is 21.6 Å². The number of halogens is 7. The van der Waals surface area contributed by atoms with E-state index in [-0.39, 0.29) is 22.2 Å². The molecule has 0 aliphatic heterocycles. The van der Waals surface area contributed by atoms with Gasteiger partial charge in [-0.05, 0) is 35.9 Å². The molecule has 1 aromatic carbocycles. The van der Waals surface area contributed by atoms with Gasteiger partial charge in [-0.25, -0.2) is 0 Å². The highest BCUT2D eigenvalue weighted by atomic mass is 35.5. The highest BCUT2D eigenvalue weighted by Gasteiger charge is 2.31. The lowest BCUT2D eigenvalue weighted by Gasteiger charge is -2.06. The van der Waals surface area contributed by atoms with Crippen LogP contribution in [0.2, 0.25) is 5.22 Å². The number of aromatic nitrogens is 2. The maximum Gasteiger partial charge on any atom is 0.417 e. The molecule has 5 nitrogen and oxygen atoms in total. The Bertz CT molecular complexity index is 1030. The molecule has 0 fully saturated rings. The summed E-state index contributed by atoms with van der Waals surface area (Å²) in [7, 11) is 0. The molecule has 12 heteroatoms. The van der Waals surface area contributed by atoms with Crippen molar-refractivity contribution in [3.63, 3.8) is 0 Å². The number of oxazole rings is 1. The van der Waals surface area contributed by atoms with Crippen LogP contribution in [0.25, 0.3) is 11.3 Å². The molecule has 3 rings (SSSR count). The maximum absolute atomic E-state index is 12.6. The van der Waals surface area contributed by atoms with Crippen molar-refractivity contribution in [1.82, 2.24) is 9.97 Å². The van der Waals surface area contributed by atoms with Gasteiger partial charge in [0.2, 0.25) is 5.22 Å². The van der Waals surface area contributed by atoms with Crippen molar-refractivity contribution in [2.75, 3.05) is 5.32 Å². The lowest BCUT2D eigenvalue weighted by molar-refractivity contribution is -0.138. The van der Waals surface area contributed by atoms with Crippen molar-refractivity contribution in [3.05, 3.63) is 64.6 Å². The average Bonchev–Trinajstić information content (AvgIpc) is 3.00. The number of hydrogen-bond acceptors (Lipinski definition) is 4. The molecule has 1 N–H and O–H groups in total. The minimum absolute atomic E-state index is 0.0314. The van der Waals surface area contributed by atoms with Crippen LogP contribution in [0, 0.1) is 0 Å². The average molecular weight is 436 g/mol. The Kier molecular flexibility index (Phi) is 5.26. The number of alkyl halides is 6. The molecule has 0 atom stereocenters. The Balaban J connectivity index is 1.77. The zero-order valence-corrected chi connectivity index (χ0v) is 14.7. The van der Waals surface area contributed by atoms with E-state index in [9.17, 15) is 31.1 Å². The summed E-state index contributed by atoms with van der Waals surface area (Å²) in [6, 6.07) is 5.02. The highest BCUT2D eigenvalue weighted by molar-refractivity contribution is 6.31. The summed E-state index contributed by atoms with van der Waals surface area (Å²) in [6.07, 6.45) is -8.63. The number of nitrogens with zero attached hydrogens (tertiary/aromatic N) is 2. The molecule has 0 saturated carbocycles. The predicted molar refractivity (Wildman–Crippen MR) is 89.1 cm³/mol. The van der Waals surface area contributed by atoms with E-state index < -0.39 is 35.4 Å². The summed E-state index contributed by atoms with van der Waals surface area (Å²) in [6.45, 7) is 0. The molecule has 29 heavy (non-hydrogen) atoms. The van der Waals surface area contributed by atoms with Crippen molar-refractivity contribution < 1.29 is 35.6 Å². The monoisotopic (exact) mass is 435 g/mol. The van der Waals surface area contributed by atoms with E-state index >= 15 is 0 Å². The fraction of sp³-hybridized carbons (Fsp3) is 0.118. The summed E-state index contributed by atoms with van der Waals surface area (Å²) in [5, 5.41) is 1.85. The predicted octanol–water partition coefficient (Wildman–Crippen LogP) is 5.68. The van der Waals surface area contributed by atoms with Crippen LogP contribution in [0.3, 0.4) is 0 Å². The zero-order chi connectivity index (χ0) is 21.4. The second-order valence-electron chi connectivity index (χ2n) is 5.60. The van der Waals surface area contributed by atoms with Crippen LogP contribution < -0.4 is 5.32 Å². The molecule has 0 aliphatic rings. The fourth-order valence-corrected chi connectivity index (χ4v) is 2.43. The van der Waals surface area contributed by atoms with Crippen LogP contribution >= 0.6 is 11.6 Å². The molecule has 3 aromatic rings. The van der Waals surface area contributed by atoms with E-state index in [0.29, 0.717) is 12.3 Å². The second-order valence-corrected chi connectivity index (χ2v) is 5.94. The Morgan fingerprint density at radius 2 is 1.52 bits per heavy atom. The van der Waals surface area contributed by atoms with Gasteiger partial charge in [-0.1, -0.05) is 12.1 Å². The van der Waals surface area contributed by atoms with Crippen LogP contribution in [0.15, 0.2) is 47.0 Å². The van der Waals surface area contributed by atoms with E-state index in [4.69, 9.17) is 16.0 Å². The molecule has 1 amide bonds. The second kappa shape index (κ2) is 7.39. The Labute approximate surface area is 163 Å². The van der Waals surface area contributed by atoms with Gasteiger partial charge in [-0.3, -0.25) is 15.1 Å². The number of hydrogen-bond donors (Lipinski definition) is 1. The maximum atomic E-state index is 12.6. The minimum atomic E-state index is -4.60. The molecule has 2 heterocycles. The number of amides is 1. The SMILES string of the molecule is O=C(Nc1nc(-c2ccc(C(F)(F)F)cc2)c(Cl)o1)c1ccc(C(F)(F)F)cn1. The third-order valence-electron chi connectivity index (χ3n) is 3.62. The van der Waals surface area contributed by atoms with Gasteiger partial charge in [0, 0.05) is 11.8 Å². The van der Waals surface area contributed by atoms with E-state index in [2.05, 4.69) is 15.3 Å². The number of rotatable bonds is 3. The van der Waals surface area contributed by atoms with E-state index in [1.165, 1.54) is 0 Å². The molecule has 0 unspecified atom stereocenters. The number of anilines is 1. The lowest BCUT2D eigenvalue weighted by Crippen LogP contribution is -2.15. The van der Waals surface area contributed by atoms with Crippen LogP contribution in [0.4, 0.5) is 32.4 Å². The first-order chi connectivity index (χ1) is 13.4. The van der Waals surface area contributed by atoms with Crippen molar-refractivity contribution in [3.8, 4) is 11.3 Å². The zero-order valence-electron chi connectivity index (χ0n) is 13.9. The summed E-state index contributed by atoms with van der Waals surface area (Å²) in [5.74, 6) is -0.921. The number of benzene rings is 1. The molecule has 0 spiro atoms. The largest absolute Gasteiger partial charge is 0.417 e. The molecule has 0 radical (unpaired) electrons. The third-order valence-corrected chi connectivity index (χ3v) is 3.87. The summed E-state index contributed by atoms with van der Waals surface area (Å²) in [5.41, 5.74) is -2.08. The first-order valence-electron chi connectivity index (χ1n) is 7.63. The molecule has 0 saturated heterocycles. The first kappa shape index (κ1) is 20.6. The van der Waals surface area contributed by atoms with Crippen LogP contribution in [-0.2, 0) is 12.4 Å². The first-order valence-corrected chi connectivity index (χ1v) is 8.01. The molecule has 2 aromatic heterocycles. The fourth-order valence-electron chi connectivity index (χ4n) is 2.21. The van der Waals surface area contributed by atoms with E-state index in [1.54, 1.807) is 0 Å². The molecular weight excluding hydrogens is 428 g/mol. The molecule has 0 bridgehead atoms. The van der Waals surface area contributed by atoms with Gasteiger partial charge < -0.3 is 4.42 Å². The van der Waals surface area contributed by atoms with Crippen molar-refractivity contribution in [2.24, 2.45) is 0 Å². The Morgan fingerprint density at radius 1 is 0.931 bits per heavy atom. The van der Waals surface area contributed by atoms with E-state index in [0.717, 1.165) is 30.3 Å². The number of nitrogens with one attached hydrogen (secondary N) is 1. The highest BCUT2D eigenvalue weighted by Crippen LogP contribution is 2.34. The Morgan fingerprint density at radius 3 is 2.03 bits per heavy atom. The molecule has 152 valence electrons. The van der Waals surface area contributed by atoms with E-state index in [1.807, 2.05) is 0 Å². The number of pyridine rings is 1. The topological polar surface area (TPSA) is 68.0 Å². The normalized spacial score (nSPS) is 12.1. The Hall–Kier alpha value is -3.08. The smallest absolute Gasteiger partial charge is 0.411 e. The van der Waals surface area contributed by atoms with Gasteiger partial charge >= 0.3 is 18.4 Å². The molecular formula is C17H8ClF6N3O2. The van der Waals surface area contributed by atoms with Gasteiger partial charge in [-0.15, -0.1) is 0 Å². The summed E-state index contributed by atoms with van der Waals surface area (Å²) < 4.78 is 80.5. The van der Waals surface area contributed by atoms with Gasteiger partial charge in [0.1, 0.15) is 11.4 Å². The van der Waals surface area contributed by atoms with Gasteiger partial charge in [-0.2, -0.15) is 31.3 Å². The lowest BCUT2D eigenvalue weighted by atomic mass is 10.1. The molecule has 0 aliphatic carbocycles. The van der Waals surface area contributed by atoms with Gasteiger partial charge in [0.05, 0.1) is 11.1 Å². The summed E-state index contributed by atoms with van der Waals surface area (Å²) >= 11 is 5.87. The quantitative estimate of drug-likeness (QED) is 0.537.